The molecule has 0 aromatic heterocycles. The number of fused-ring (bicyclic) bond motifs is 1. The van der Waals surface area contributed by atoms with Gasteiger partial charge in [-0.25, -0.2) is 0 Å². The Labute approximate surface area is 141 Å². The van der Waals surface area contributed by atoms with Gasteiger partial charge >= 0.3 is 5.97 Å². The summed E-state index contributed by atoms with van der Waals surface area (Å²) in [5, 5.41) is 0. The average Bonchev–Trinajstić information content (AvgIpc) is 2.60. The van der Waals surface area contributed by atoms with Crippen molar-refractivity contribution < 1.29 is 23.7 Å². The van der Waals surface area contributed by atoms with E-state index in [9.17, 15) is 4.79 Å². The molecule has 2 aromatic carbocycles. The third-order valence-electron chi connectivity index (χ3n) is 4.07. The molecule has 5 nitrogen and oxygen atoms in total. The maximum absolute atomic E-state index is 11.4. The van der Waals surface area contributed by atoms with E-state index in [1.165, 1.54) is 6.92 Å². The van der Waals surface area contributed by atoms with Gasteiger partial charge in [-0.3, -0.25) is 4.79 Å². The Morgan fingerprint density at radius 3 is 2.50 bits per heavy atom. The van der Waals surface area contributed by atoms with Crippen LogP contribution in [-0.2, 0) is 9.53 Å². The topological polar surface area (TPSA) is 54.0 Å². The first-order valence-corrected chi connectivity index (χ1v) is 7.77. The first-order chi connectivity index (χ1) is 11.6. The van der Waals surface area contributed by atoms with Gasteiger partial charge in [-0.2, -0.15) is 0 Å². The third kappa shape index (κ3) is 3.15. The fraction of sp³-hybridized carbons (Fsp3) is 0.316. The average molecular weight is 328 g/mol. The lowest BCUT2D eigenvalue weighted by atomic mass is 9.85. The van der Waals surface area contributed by atoms with Gasteiger partial charge in [0.25, 0.3) is 0 Å². The maximum Gasteiger partial charge on any atom is 0.305 e. The van der Waals surface area contributed by atoms with Crippen molar-refractivity contribution in [3.63, 3.8) is 0 Å². The lowest BCUT2D eigenvalue weighted by molar-refractivity contribution is -0.163. The number of benzene rings is 2. The number of esters is 1. The third-order valence-corrected chi connectivity index (χ3v) is 4.07. The summed E-state index contributed by atoms with van der Waals surface area (Å²) in [6.07, 6.45) is -0.115. The predicted molar refractivity (Wildman–Crippen MR) is 88.6 cm³/mol. The van der Waals surface area contributed by atoms with Gasteiger partial charge in [0.1, 0.15) is 17.2 Å². The number of methoxy groups -OCH3 is 2. The van der Waals surface area contributed by atoms with Crippen LogP contribution >= 0.6 is 0 Å². The molecule has 0 spiro atoms. The van der Waals surface area contributed by atoms with Crippen LogP contribution in [-0.4, -0.2) is 26.5 Å². The maximum atomic E-state index is 11.4. The highest BCUT2D eigenvalue weighted by atomic mass is 16.7. The lowest BCUT2D eigenvalue weighted by Gasteiger charge is -2.33. The van der Waals surface area contributed by atoms with E-state index >= 15 is 0 Å². The predicted octanol–water partition coefficient (Wildman–Crippen LogP) is 3.51. The molecule has 2 unspecified atom stereocenters. The zero-order chi connectivity index (χ0) is 17.1. The Morgan fingerprint density at radius 2 is 1.88 bits per heavy atom. The highest BCUT2D eigenvalue weighted by molar-refractivity contribution is 5.66. The molecule has 0 radical (unpaired) electrons. The Morgan fingerprint density at radius 1 is 1.12 bits per heavy atom. The summed E-state index contributed by atoms with van der Waals surface area (Å²) in [6, 6.07) is 13.7. The van der Waals surface area contributed by atoms with Gasteiger partial charge in [-0.1, -0.05) is 30.3 Å². The van der Waals surface area contributed by atoms with E-state index in [4.69, 9.17) is 18.9 Å². The van der Waals surface area contributed by atoms with Crippen molar-refractivity contribution >= 4 is 5.97 Å². The van der Waals surface area contributed by atoms with Crippen molar-refractivity contribution in [2.24, 2.45) is 0 Å². The van der Waals surface area contributed by atoms with Crippen molar-refractivity contribution in [2.75, 3.05) is 14.2 Å². The number of hydrogen-bond acceptors (Lipinski definition) is 5. The van der Waals surface area contributed by atoms with Gasteiger partial charge in [0.2, 0.25) is 6.29 Å². The normalized spacial score (nSPS) is 19.0. The molecular weight excluding hydrogens is 308 g/mol. The summed E-state index contributed by atoms with van der Waals surface area (Å²) in [7, 11) is 3.21. The van der Waals surface area contributed by atoms with Crippen LogP contribution in [0, 0.1) is 0 Å². The summed E-state index contributed by atoms with van der Waals surface area (Å²) in [6.45, 7) is 1.38. The molecule has 1 aliphatic rings. The van der Waals surface area contributed by atoms with Crippen molar-refractivity contribution in [2.45, 2.75) is 25.6 Å². The Hall–Kier alpha value is -2.69. The standard InChI is InChI=1S/C19H20O5/c1-12(20)23-18-11-15(13-7-5-4-6-8-13)19-16(22-3)9-14(21-2)10-17(19)24-18/h4-10,15,18H,11H2,1-3H3. The second-order valence-electron chi connectivity index (χ2n) is 5.60. The first kappa shape index (κ1) is 16.2. The summed E-state index contributed by atoms with van der Waals surface area (Å²) < 4.78 is 22.0. The molecule has 0 aliphatic carbocycles. The Kier molecular flexibility index (Phi) is 4.60. The van der Waals surface area contributed by atoms with E-state index in [1.807, 2.05) is 36.4 Å². The zero-order valence-corrected chi connectivity index (χ0v) is 13.9. The van der Waals surface area contributed by atoms with Gasteiger partial charge in [0, 0.05) is 37.0 Å². The SMILES string of the molecule is COc1cc(OC)c2c(c1)OC(OC(C)=O)CC2c1ccccc1. The second-order valence-corrected chi connectivity index (χ2v) is 5.60. The first-order valence-electron chi connectivity index (χ1n) is 7.77. The van der Waals surface area contributed by atoms with Crippen LogP contribution < -0.4 is 14.2 Å². The monoisotopic (exact) mass is 328 g/mol. The quantitative estimate of drug-likeness (QED) is 0.804. The van der Waals surface area contributed by atoms with Crippen molar-refractivity contribution in [1.82, 2.24) is 0 Å². The summed E-state index contributed by atoms with van der Waals surface area (Å²) >= 11 is 0. The fourth-order valence-electron chi connectivity index (χ4n) is 3.05. The van der Waals surface area contributed by atoms with Crippen molar-refractivity contribution in [3.8, 4) is 17.2 Å². The number of carbonyl (C=O) groups excluding carboxylic acids is 1. The molecule has 0 bridgehead atoms. The van der Waals surface area contributed by atoms with E-state index in [0.29, 0.717) is 23.7 Å². The van der Waals surface area contributed by atoms with Gasteiger partial charge in [-0.15, -0.1) is 0 Å². The van der Waals surface area contributed by atoms with E-state index in [0.717, 1.165) is 11.1 Å². The molecular formula is C19H20O5. The Bertz CT molecular complexity index is 726. The second kappa shape index (κ2) is 6.83. The number of ether oxygens (including phenoxy) is 4. The number of carbonyl (C=O) groups is 1. The fourth-order valence-corrected chi connectivity index (χ4v) is 3.05. The molecule has 1 aliphatic heterocycles. The summed E-state index contributed by atoms with van der Waals surface area (Å²) in [5.41, 5.74) is 2.05. The highest BCUT2D eigenvalue weighted by Gasteiger charge is 2.34. The molecule has 0 N–H and O–H groups in total. The summed E-state index contributed by atoms with van der Waals surface area (Å²) in [5.74, 6) is 1.56. The van der Waals surface area contributed by atoms with Gasteiger partial charge in [0.05, 0.1) is 14.2 Å². The minimum atomic E-state index is -0.642. The van der Waals surface area contributed by atoms with E-state index < -0.39 is 6.29 Å². The highest BCUT2D eigenvalue weighted by Crippen LogP contribution is 2.47. The molecule has 3 rings (SSSR count). The molecule has 24 heavy (non-hydrogen) atoms. The van der Waals surface area contributed by atoms with Crippen LogP contribution in [0.15, 0.2) is 42.5 Å². The minimum Gasteiger partial charge on any atom is -0.496 e. The molecule has 1 heterocycles. The van der Waals surface area contributed by atoms with Crippen LogP contribution in [0.3, 0.4) is 0 Å². The molecule has 2 atom stereocenters. The van der Waals surface area contributed by atoms with Crippen LogP contribution in [0.25, 0.3) is 0 Å². The van der Waals surface area contributed by atoms with Crippen molar-refractivity contribution in [3.05, 3.63) is 53.6 Å². The molecule has 2 aromatic rings. The molecule has 5 heteroatoms. The van der Waals surface area contributed by atoms with E-state index in [-0.39, 0.29) is 11.9 Å². The van der Waals surface area contributed by atoms with E-state index in [1.54, 1.807) is 20.3 Å². The molecule has 0 saturated heterocycles. The molecule has 0 fully saturated rings. The van der Waals surface area contributed by atoms with Crippen molar-refractivity contribution in [1.29, 1.82) is 0 Å². The molecule has 0 saturated carbocycles. The lowest BCUT2D eigenvalue weighted by Crippen LogP contribution is -2.30. The van der Waals surface area contributed by atoms with Crippen LogP contribution in [0.4, 0.5) is 0 Å². The Balaban J connectivity index is 2.10. The van der Waals surface area contributed by atoms with E-state index in [2.05, 4.69) is 0 Å². The number of hydrogen-bond donors (Lipinski definition) is 0. The largest absolute Gasteiger partial charge is 0.496 e. The van der Waals surface area contributed by atoms with Crippen LogP contribution in [0.2, 0.25) is 0 Å². The van der Waals surface area contributed by atoms with Gasteiger partial charge < -0.3 is 18.9 Å². The number of rotatable bonds is 4. The van der Waals surface area contributed by atoms with Gasteiger partial charge in [-0.05, 0) is 5.56 Å². The van der Waals surface area contributed by atoms with Gasteiger partial charge in [0.15, 0.2) is 0 Å². The molecule has 126 valence electrons. The smallest absolute Gasteiger partial charge is 0.305 e. The van der Waals surface area contributed by atoms with Crippen LogP contribution in [0.5, 0.6) is 17.2 Å². The van der Waals surface area contributed by atoms with Crippen LogP contribution in [0.1, 0.15) is 30.4 Å². The summed E-state index contributed by atoms with van der Waals surface area (Å²) in [4.78, 5) is 11.4. The zero-order valence-electron chi connectivity index (χ0n) is 13.9. The molecule has 0 amide bonds. The minimum absolute atomic E-state index is 0.000145.